The number of carboxylic acid groups (broad SMARTS) is 1. The molecule has 1 unspecified atom stereocenters. The molecule has 0 bridgehead atoms. The van der Waals surface area contributed by atoms with Crippen LogP contribution < -0.4 is 0 Å². The lowest BCUT2D eigenvalue weighted by Gasteiger charge is -2.15. The minimum absolute atomic E-state index is 0.0270. The number of hydrogen-bond donors (Lipinski definition) is 1. The van der Waals surface area contributed by atoms with E-state index in [2.05, 4.69) is 20.8 Å². The van der Waals surface area contributed by atoms with E-state index in [-0.39, 0.29) is 5.76 Å². The van der Waals surface area contributed by atoms with Crippen molar-refractivity contribution in [3.05, 3.63) is 41.2 Å². The maximum atomic E-state index is 11.3. The average Bonchev–Trinajstić information content (AvgIpc) is 2.54. The van der Waals surface area contributed by atoms with Gasteiger partial charge in [-0.2, -0.15) is 0 Å². The summed E-state index contributed by atoms with van der Waals surface area (Å²) in [5, 5.41) is 9.30. The van der Waals surface area contributed by atoms with Gasteiger partial charge in [0.05, 0.1) is 6.61 Å². The van der Waals surface area contributed by atoms with Crippen molar-refractivity contribution < 1.29 is 14.6 Å². The van der Waals surface area contributed by atoms with Crippen LogP contribution in [0.5, 0.6) is 0 Å². The number of carbonyl (C=O) groups is 1. The zero-order chi connectivity index (χ0) is 16.4. The first-order valence-electron chi connectivity index (χ1n) is 8.27. The normalized spacial score (nSPS) is 13.0. The highest BCUT2D eigenvalue weighted by atomic mass is 16.5. The Bertz CT molecular complexity index is 474. The van der Waals surface area contributed by atoms with Crippen LogP contribution in [0.3, 0.4) is 0 Å². The molecule has 1 aromatic carbocycles. The van der Waals surface area contributed by atoms with Crippen LogP contribution in [0, 0.1) is 5.92 Å². The molecule has 0 heterocycles. The molecule has 0 spiro atoms. The van der Waals surface area contributed by atoms with E-state index in [0.29, 0.717) is 12.5 Å². The van der Waals surface area contributed by atoms with E-state index in [9.17, 15) is 9.90 Å². The molecule has 1 rings (SSSR count). The lowest BCUT2D eigenvalue weighted by atomic mass is 10.0. The second-order valence-electron chi connectivity index (χ2n) is 5.64. The number of rotatable bonds is 10. The van der Waals surface area contributed by atoms with E-state index < -0.39 is 5.97 Å². The van der Waals surface area contributed by atoms with Crippen molar-refractivity contribution in [1.82, 2.24) is 0 Å². The molecular weight excluding hydrogens is 276 g/mol. The SMILES string of the molecule is CCCCC(CC)COC(=Cc1ccc(CC)cc1)C(=O)O. The lowest BCUT2D eigenvalue weighted by Crippen LogP contribution is -2.13. The van der Waals surface area contributed by atoms with E-state index >= 15 is 0 Å². The number of benzene rings is 1. The Kier molecular flexibility index (Phi) is 8.34. The first-order chi connectivity index (χ1) is 10.6. The van der Waals surface area contributed by atoms with Gasteiger partial charge in [0.25, 0.3) is 0 Å². The van der Waals surface area contributed by atoms with E-state index in [4.69, 9.17) is 4.74 Å². The fourth-order valence-electron chi connectivity index (χ4n) is 2.27. The minimum Gasteiger partial charge on any atom is -0.486 e. The number of aliphatic carboxylic acids is 1. The summed E-state index contributed by atoms with van der Waals surface area (Å²) in [7, 11) is 0. The van der Waals surface area contributed by atoms with Gasteiger partial charge in [0, 0.05) is 0 Å². The maximum Gasteiger partial charge on any atom is 0.371 e. The molecule has 22 heavy (non-hydrogen) atoms. The van der Waals surface area contributed by atoms with Gasteiger partial charge >= 0.3 is 5.97 Å². The first-order valence-corrected chi connectivity index (χ1v) is 8.27. The van der Waals surface area contributed by atoms with Crippen molar-refractivity contribution in [2.24, 2.45) is 5.92 Å². The molecule has 0 aliphatic rings. The van der Waals surface area contributed by atoms with Gasteiger partial charge in [0.1, 0.15) is 0 Å². The molecule has 122 valence electrons. The van der Waals surface area contributed by atoms with Crippen LogP contribution in [0.4, 0.5) is 0 Å². The van der Waals surface area contributed by atoms with E-state index in [0.717, 1.165) is 37.7 Å². The van der Waals surface area contributed by atoms with E-state index in [1.54, 1.807) is 6.08 Å². The third-order valence-corrected chi connectivity index (χ3v) is 3.91. The molecule has 0 aromatic heterocycles. The van der Waals surface area contributed by atoms with Gasteiger partial charge in [-0.3, -0.25) is 0 Å². The van der Waals surface area contributed by atoms with Crippen molar-refractivity contribution in [3.8, 4) is 0 Å². The Hall–Kier alpha value is -1.77. The Balaban J connectivity index is 2.71. The van der Waals surface area contributed by atoms with Crippen LogP contribution in [0.2, 0.25) is 0 Å². The second-order valence-corrected chi connectivity index (χ2v) is 5.64. The van der Waals surface area contributed by atoms with Crippen molar-refractivity contribution in [2.45, 2.75) is 52.9 Å². The molecule has 1 atom stereocenters. The summed E-state index contributed by atoms with van der Waals surface area (Å²) in [5.74, 6) is -0.561. The minimum atomic E-state index is -1.01. The summed E-state index contributed by atoms with van der Waals surface area (Å²) in [5.41, 5.74) is 2.09. The Morgan fingerprint density at radius 1 is 1.23 bits per heavy atom. The van der Waals surface area contributed by atoms with Gasteiger partial charge in [-0.25, -0.2) is 4.79 Å². The summed E-state index contributed by atoms with van der Waals surface area (Å²) in [6.45, 7) is 6.85. The molecule has 0 fully saturated rings. The van der Waals surface area contributed by atoms with Crippen molar-refractivity contribution in [2.75, 3.05) is 6.61 Å². The molecule has 3 nitrogen and oxygen atoms in total. The topological polar surface area (TPSA) is 46.5 Å². The zero-order valence-corrected chi connectivity index (χ0v) is 14.0. The van der Waals surface area contributed by atoms with Crippen molar-refractivity contribution >= 4 is 12.0 Å². The third-order valence-electron chi connectivity index (χ3n) is 3.91. The number of hydrogen-bond acceptors (Lipinski definition) is 2. The molecule has 0 aliphatic carbocycles. The summed E-state index contributed by atoms with van der Waals surface area (Å²) < 4.78 is 5.58. The Morgan fingerprint density at radius 3 is 2.41 bits per heavy atom. The van der Waals surface area contributed by atoms with Crippen molar-refractivity contribution in [1.29, 1.82) is 0 Å². The number of ether oxygens (including phenoxy) is 1. The van der Waals surface area contributed by atoms with Gasteiger partial charge in [-0.05, 0) is 36.0 Å². The summed E-state index contributed by atoms with van der Waals surface area (Å²) in [6, 6.07) is 7.89. The standard InChI is InChI=1S/C19H28O3/c1-4-7-8-16(6-3)14-22-18(19(20)21)13-17-11-9-15(5-2)10-12-17/h9-13,16H,4-8,14H2,1-3H3,(H,20,21). The molecule has 0 radical (unpaired) electrons. The molecule has 0 aliphatic heterocycles. The average molecular weight is 304 g/mol. The third kappa shape index (κ3) is 6.33. The predicted octanol–water partition coefficient (Wildman–Crippen LogP) is 4.91. The summed E-state index contributed by atoms with van der Waals surface area (Å²) >= 11 is 0. The molecule has 1 aromatic rings. The Morgan fingerprint density at radius 2 is 1.91 bits per heavy atom. The smallest absolute Gasteiger partial charge is 0.371 e. The summed E-state index contributed by atoms with van der Waals surface area (Å²) in [6.07, 6.45) is 6.99. The molecular formula is C19H28O3. The molecule has 0 amide bonds. The van der Waals surface area contributed by atoms with Crippen LogP contribution in [0.1, 0.15) is 57.6 Å². The number of aryl methyl sites for hydroxylation is 1. The van der Waals surface area contributed by atoms with Crippen LogP contribution >= 0.6 is 0 Å². The van der Waals surface area contributed by atoms with E-state index in [1.165, 1.54) is 5.56 Å². The first kappa shape index (κ1) is 18.3. The lowest BCUT2D eigenvalue weighted by molar-refractivity contribution is -0.136. The van der Waals surface area contributed by atoms with Gasteiger partial charge in [0.15, 0.2) is 0 Å². The van der Waals surface area contributed by atoms with Crippen LogP contribution in [0.25, 0.3) is 6.08 Å². The van der Waals surface area contributed by atoms with Gasteiger partial charge in [-0.15, -0.1) is 0 Å². The van der Waals surface area contributed by atoms with Crippen LogP contribution in [0.15, 0.2) is 30.0 Å². The molecule has 1 N–H and O–H groups in total. The quantitative estimate of drug-likeness (QED) is 0.493. The molecule has 3 heteroatoms. The van der Waals surface area contributed by atoms with Crippen molar-refractivity contribution in [3.63, 3.8) is 0 Å². The molecule has 0 saturated carbocycles. The Labute approximate surface area is 134 Å². The second kappa shape index (κ2) is 10.0. The van der Waals surface area contributed by atoms with Crippen LogP contribution in [-0.2, 0) is 16.0 Å². The fourth-order valence-corrected chi connectivity index (χ4v) is 2.27. The fraction of sp³-hybridized carbons (Fsp3) is 0.526. The van der Waals surface area contributed by atoms with Gasteiger partial charge in [0.2, 0.25) is 5.76 Å². The largest absolute Gasteiger partial charge is 0.486 e. The predicted molar refractivity (Wildman–Crippen MR) is 90.7 cm³/mol. The van der Waals surface area contributed by atoms with E-state index in [1.807, 2.05) is 24.3 Å². The number of carboxylic acids is 1. The maximum absolute atomic E-state index is 11.3. The van der Waals surface area contributed by atoms with Gasteiger partial charge < -0.3 is 9.84 Å². The highest BCUT2D eigenvalue weighted by Crippen LogP contribution is 2.16. The van der Waals surface area contributed by atoms with Crippen LogP contribution in [-0.4, -0.2) is 17.7 Å². The number of unbranched alkanes of at least 4 members (excludes halogenated alkanes) is 1. The summed E-state index contributed by atoms with van der Waals surface area (Å²) in [4.78, 5) is 11.3. The highest BCUT2D eigenvalue weighted by molar-refractivity contribution is 5.89. The monoisotopic (exact) mass is 304 g/mol. The highest BCUT2D eigenvalue weighted by Gasteiger charge is 2.13. The molecule has 0 saturated heterocycles. The van der Waals surface area contributed by atoms with Gasteiger partial charge in [-0.1, -0.05) is 64.3 Å². The zero-order valence-electron chi connectivity index (χ0n) is 14.0.